The second kappa shape index (κ2) is 9.57. The lowest BCUT2D eigenvalue weighted by atomic mass is 10.1. The largest absolute Gasteiger partial charge is 0.260 e. The summed E-state index contributed by atoms with van der Waals surface area (Å²) < 4.78 is 28.1. The van der Waals surface area contributed by atoms with Gasteiger partial charge in [-0.15, -0.1) is 0 Å². The lowest BCUT2D eigenvalue weighted by Crippen LogP contribution is -2.31. The third kappa shape index (κ3) is 5.24. The van der Waals surface area contributed by atoms with Gasteiger partial charge in [-0.05, 0) is 54.8 Å². The number of aryl methyl sites for hydroxylation is 1. The summed E-state index contributed by atoms with van der Waals surface area (Å²) in [4.78, 5) is 8.87. The quantitative estimate of drug-likeness (QED) is 0.544. The second-order valence-corrected chi connectivity index (χ2v) is 8.60. The average molecular weight is 396 g/mol. The van der Waals surface area contributed by atoms with E-state index in [0.717, 1.165) is 24.8 Å². The van der Waals surface area contributed by atoms with Gasteiger partial charge in [0.05, 0.1) is 29.4 Å². The van der Waals surface area contributed by atoms with Crippen LogP contribution in [-0.2, 0) is 29.5 Å². The van der Waals surface area contributed by atoms with Crippen LogP contribution in [0.15, 0.2) is 78.0 Å². The van der Waals surface area contributed by atoms with E-state index in [1.807, 2.05) is 48.5 Å². The Kier molecular flexibility index (Phi) is 6.90. The minimum atomic E-state index is -3.68. The van der Waals surface area contributed by atoms with E-state index >= 15 is 0 Å². The first-order valence-electron chi connectivity index (χ1n) is 9.48. The van der Waals surface area contributed by atoms with Gasteiger partial charge in [0.25, 0.3) is 0 Å². The summed E-state index contributed by atoms with van der Waals surface area (Å²) in [6, 6.07) is 18.2. The summed E-state index contributed by atoms with van der Waals surface area (Å²) in [6.45, 7) is 2.53. The lowest BCUT2D eigenvalue weighted by Gasteiger charge is -2.22. The van der Waals surface area contributed by atoms with Crippen LogP contribution in [0, 0.1) is 0 Å². The molecule has 2 aromatic heterocycles. The van der Waals surface area contributed by atoms with Gasteiger partial charge in [-0.2, -0.15) is 4.31 Å². The fourth-order valence-electron chi connectivity index (χ4n) is 2.93. The third-order valence-electron chi connectivity index (χ3n) is 4.51. The Morgan fingerprint density at radius 1 is 0.821 bits per heavy atom. The van der Waals surface area contributed by atoms with E-state index in [1.54, 1.807) is 24.5 Å². The molecule has 3 rings (SSSR count). The average Bonchev–Trinajstić information content (AvgIpc) is 2.73. The van der Waals surface area contributed by atoms with Crippen LogP contribution in [0.3, 0.4) is 0 Å². The molecule has 0 radical (unpaired) electrons. The first-order chi connectivity index (χ1) is 13.6. The highest BCUT2D eigenvalue weighted by atomic mass is 32.2. The smallest absolute Gasteiger partial charge is 0.243 e. The Morgan fingerprint density at radius 3 is 1.86 bits per heavy atom. The lowest BCUT2D eigenvalue weighted by molar-refractivity contribution is 0.393. The molecule has 0 saturated carbocycles. The van der Waals surface area contributed by atoms with Gasteiger partial charge >= 0.3 is 0 Å². The SMILES string of the molecule is CCCCc1ccc(S(=O)(=O)N(Cc2ccccn2)Cc2ccccn2)cc1. The molecule has 5 nitrogen and oxygen atoms in total. The van der Waals surface area contributed by atoms with Crippen molar-refractivity contribution >= 4 is 10.0 Å². The molecule has 2 heterocycles. The van der Waals surface area contributed by atoms with Crippen molar-refractivity contribution in [3.63, 3.8) is 0 Å². The molecule has 0 aliphatic carbocycles. The van der Waals surface area contributed by atoms with E-state index in [-0.39, 0.29) is 13.1 Å². The van der Waals surface area contributed by atoms with Crippen molar-refractivity contribution in [1.82, 2.24) is 14.3 Å². The Labute approximate surface area is 167 Å². The minimum absolute atomic E-state index is 0.192. The maximum absolute atomic E-state index is 13.3. The van der Waals surface area contributed by atoms with E-state index in [0.29, 0.717) is 16.3 Å². The summed E-state index contributed by atoms with van der Waals surface area (Å²) in [5.41, 5.74) is 2.55. The molecule has 0 N–H and O–H groups in total. The Bertz CT molecular complexity index is 918. The Hall–Kier alpha value is -2.57. The van der Waals surface area contributed by atoms with Gasteiger partial charge in [0.1, 0.15) is 0 Å². The Balaban J connectivity index is 1.88. The molecule has 0 fully saturated rings. The monoisotopic (exact) mass is 395 g/mol. The molecular formula is C22H25N3O2S. The van der Waals surface area contributed by atoms with Crippen LogP contribution in [0.25, 0.3) is 0 Å². The molecule has 0 bridgehead atoms. The summed E-state index contributed by atoms with van der Waals surface area (Å²) >= 11 is 0. The molecule has 146 valence electrons. The maximum atomic E-state index is 13.3. The van der Waals surface area contributed by atoms with E-state index in [9.17, 15) is 8.42 Å². The van der Waals surface area contributed by atoms with Crippen LogP contribution in [0.4, 0.5) is 0 Å². The molecule has 0 unspecified atom stereocenters. The van der Waals surface area contributed by atoms with Crippen molar-refractivity contribution in [1.29, 1.82) is 0 Å². The van der Waals surface area contributed by atoms with Gasteiger partial charge in [-0.3, -0.25) is 9.97 Å². The van der Waals surface area contributed by atoms with Gasteiger partial charge in [-0.25, -0.2) is 8.42 Å². The zero-order valence-electron chi connectivity index (χ0n) is 16.0. The molecular weight excluding hydrogens is 370 g/mol. The molecule has 0 aliphatic heterocycles. The number of sulfonamides is 1. The fourth-order valence-corrected chi connectivity index (χ4v) is 4.31. The van der Waals surface area contributed by atoms with Crippen LogP contribution >= 0.6 is 0 Å². The summed E-state index contributed by atoms with van der Waals surface area (Å²) in [6.07, 6.45) is 6.51. The van der Waals surface area contributed by atoms with E-state index in [4.69, 9.17) is 0 Å². The van der Waals surface area contributed by atoms with E-state index in [1.165, 1.54) is 4.31 Å². The molecule has 0 spiro atoms. The normalized spacial score (nSPS) is 11.6. The fraction of sp³-hybridized carbons (Fsp3) is 0.273. The van der Waals surface area contributed by atoms with Gasteiger partial charge < -0.3 is 0 Å². The van der Waals surface area contributed by atoms with Crippen LogP contribution in [0.2, 0.25) is 0 Å². The molecule has 0 atom stereocenters. The topological polar surface area (TPSA) is 63.2 Å². The van der Waals surface area contributed by atoms with Gasteiger partial charge in [0.15, 0.2) is 0 Å². The first kappa shape index (κ1) is 20.2. The number of unbranched alkanes of at least 4 members (excludes halogenated alkanes) is 1. The van der Waals surface area contributed by atoms with E-state index in [2.05, 4.69) is 16.9 Å². The molecule has 6 heteroatoms. The van der Waals surface area contributed by atoms with Crippen molar-refractivity contribution in [2.45, 2.75) is 44.2 Å². The summed E-state index contributed by atoms with van der Waals surface area (Å²) in [5.74, 6) is 0. The summed E-state index contributed by atoms with van der Waals surface area (Å²) in [5, 5.41) is 0. The van der Waals surface area contributed by atoms with Crippen molar-refractivity contribution in [3.8, 4) is 0 Å². The van der Waals surface area contributed by atoms with Crippen LogP contribution in [0.1, 0.15) is 36.7 Å². The zero-order valence-corrected chi connectivity index (χ0v) is 16.8. The number of hydrogen-bond donors (Lipinski definition) is 0. The molecule has 0 saturated heterocycles. The highest BCUT2D eigenvalue weighted by Crippen LogP contribution is 2.21. The number of hydrogen-bond acceptors (Lipinski definition) is 4. The van der Waals surface area contributed by atoms with Crippen molar-refractivity contribution in [3.05, 3.63) is 90.0 Å². The van der Waals surface area contributed by atoms with Crippen molar-refractivity contribution < 1.29 is 8.42 Å². The first-order valence-corrected chi connectivity index (χ1v) is 10.9. The van der Waals surface area contributed by atoms with E-state index < -0.39 is 10.0 Å². The highest BCUT2D eigenvalue weighted by Gasteiger charge is 2.25. The minimum Gasteiger partial charge on any atom is -0.260 e. The van der Waals surface area contributed by atoms with Gasteiger partial charge in [-0.1, -0.05) is 37.6 Å². The molecule has 3 aromatic rings. The third-order valence-corrected chi connectivity index (χ3v) is 6.32. The molecule has 1 aromatic carbocycles. The number of nitrogens with zero attached hydrogens (tertiary/aromatic N) is 3. The number of rotatable bonds is 9. The zero-order chi connectivity index (χ0) is 19.8. The summed E-state index contributed by atoms with van der Waals surface area (Å²) in [7, 11) is -3.68. The van der Waals surface area contributed by atoms with Crippen molar-refractivity contribution in [2.75, 3.05) is 0 Å². The second-order valence-electron chi connectivity index (χ2n) is 6.66. The maximum Gasteiger partial charge on any atom is 0.243 e. The number of benzene rings is 1. The predicted octanol–water partition coefficient (Wildman–Crippen LogP) is 4.21. The van der Waals surface area contributed by atoms with Crippen LogP contribution < -0.4 is 0 Å². The standard InChI is InChI=1S/C22H25N3O2S/c1-2-3-8-19-11-13-22(14-12-19)28(26,27)25(17-20-9-4-6-15-23-20)18-21-10-5-7-16-24-21/h4-7,9-16H,2-3,8,17-18H2,1H3. The van der Waals surface area contributed by atoms with Crippen LogP contribution in [-0.4, -0.2) is 22.7 Å². The molecule has 0 aliphatic rings. The number of pyridine rings is 2. The van der Waals surface area contributed by atoms with Gasteiger partial charge in [0, 0.05) is 12.4 Å². The van der Waals surface area contributed by atoms with Gasteiger partial charge in [0.2, 0.25) is 10.0 Å². The molecule has 0 amide bonds. The van der Waals surface area contributed by atoms with Crippen LogP contribution in [0.5, 0.6) is 0 Å². The van der Waals surface area contributed by atoms with Crippen molar-refractivity contribution in [2.24, 2.45) is 0 Å². The predicted molar refractivity (Wildman–Crippen MR) is 110 cm³/mol. The molecule has 28 heavy (non-hydrogen) atoms. The Morgan fingerprint density at radius 2 is 1.39 bits per heavy atom. The highest BCUT2D eigenvalue weighted by molar-refractivity contribution is 7.89. The number of aromatic nitrogens is 2.